The average molecular weight is 299 g/mol. The summed E-state index contributed by atoms with van der Waals surface area (Å²) in [7, 11) is 6.22. The van der Waals surface area contributed by atoms with Gasteiger partial charge in [-0.3, -0.25) is 4.90 Å². The van der Waals surface area contributed by atoms with Crippen LogP contribution in [0.1, 0.15) is 17.4 Å². The van der Waals surface area contributed by atoms with Gasteiger partial charge in [-0.2, -0.15) is 0 Å². The van der Waals surface area contributed by atoms with Gasteiger partial charge in [0.05, 0.1) is 6.04 Å². The van der Waals surface area contributed by atoms with E-state index in [4.69, 9.17) is 0 Å². The topological polar surface area (TPSA) is 36.3 Å². The van der Waals surface area contributed by atoms with E-state index in [1.54, 1.807) is 0 Å². The van der Waals surface area contributed by atoms with Crippen LogP contribution >= 0.6 is 0 Å². The fraction of sp³-hybridized carbons (Fsp3) is 0.471. The van der Waals surface area contributed by atoms with E-state index in [0.29, 0.717) is 0 Å². The molecule has 2 aromatic rings. The lowest BCUT2D eigenvalue weighted by Gasteiger charge is -2.35. The number of nitrogens with zero attached hydrogens (tertiary/aromatic N) is 4. The van der Waals surface area contributed by atoms with Crippen molar-refractivity contribution in [2.45, 2.75) is 6.04 Å². The molecule has 0 spiro atoms. The van der Waals surface area contributed by atoms with Gasteiger partial charge in [0.1, 0.15) is 5.82 Å². The predicted molar refractivity (Wildman–Crippen MR) is 90.3 cm³/mol. The molecule has 2 heterocycles. The Bertz CT molecular complexity index is 596. The number of aryl methyl sites for hydroxylation is 1. The summed E-state index contributed by atoms with van der Waals surface area (Å²) in [4.78, 5) is 9.26. The Morgan fingerprint density at radius 1 is 1.14 bits per heavy atom. The first-order valence-corrected chi connectivity index (χ1v) is 7.86. The van der Waals surface area contributed by atoms with Gasteiger partial charge in [-0.25, -0.2) is 4.98 Å². The van der Waals surface area contributed by atoms with Crippen molar-refractivity contribution in [2.75, 3.05) is 45.2 Å². The Labute approximate surface area is 132 Å². The molecule has 0 aliphatic carbocycles. The minimum atomic E-state index is 0.221. The fourth-order valence-corrected chi connectivity index (χ4v) is 3.06. The van der Waals surface area contributed by atoms with Gasteiger partial charge in [-0.15, -0.1) is 0 Å². The maximum atomic E-state index is 4.62. The van der Waals surface area contributed by atoms with Crippen molar-refractivity contribution < 1.29 is 0 Å². The quantitative estimate of drug-likeness (QED) is 0.928. The van der Waals surface area contributed by atoms with Gasteiger partial charge in [-0.1, -0.05) is 12.1 Å². The van der Waals surface area contributed by atoms with Crippen LogP contribution in [0.4, 0.5) is 5.69 Å². The highest BCUT2D eigenvalue weighted by molar-refractivity contribution is 5.47. The van der Waals surface area contributed by atoms with Crippen molar-refractivity contribution in [3.05, 3.63) is 48.0 Å². The number of benzene rings is 1. The maximum absolute atomic E-state index is 4.62. The number of aromatic nitrogens is 2. The maximum Gasteiger partial charge on any atom is 0.130 e. The third kappa shape index (κ3) is 3.00. The van der Waals surface area contributed by atoms with Crippen LogP contribution in [0.5, 0.6) is 0 Å². The molecule has 22 heavy (non-hydrogen) atoms. The summed E-state index contributed by atoms with van der Waals surface area (Å²) in [5, 5.41) is 3.43. The first-order chi connectivity index (χ1) is 10.7. The second-order valence-electron chi connectivity index (χ2n) is 6.07. The smallest absolute Gasteiger partial charge is 0.130 e. The first-order valence-electron chi connectivity index (χ1n) is 7.86. The van der Waals surface area contributed by atoms with E-state index in [-0.39, 0.29) is 6.04 Å². The van der Waals surface area contributed by atoms with E-state index >= 15 is 0 Å². The van der Waals surface area contributed by atoms with Gasteiger partial charge in [0, 0.05) is 65.4 Å². The number of piperazine rings is 1. The normalized spacial score (nSPS) is 17.4. The summed E-state index contributed by atoms with van der Waals surface area (Å²) in [6.07, 6.45) is 3.91. The SMILES string of the molecule is CN(C)c1ccc(C(c2nccn2C)N2CCNCC2)cc1. The molecule has 0 amide bonds. The lowest BCUT2D eigenvalue weighted by molar-refractivity contribution is 0.190. The van der Waals surface area contributed by atoms with Crippen molar-refractivity contribution in [2.24, 2.45) is 7.05 Å². The van der Waals surface area contributed by atoms with Crippen LogP contribution in [0.2, 0.25) is 0 Å². The lowest BCUT2D eigenvalue weighted by Crippen LogP contribution is -2.46. The van der Waals surface area contributed by atoms with Gasteiger partial charge in [-0.05, 0) is 17.7 Å². The molecule has 1 saturated heterocycles. The molecule has 1 aromatic heterocycles. The fourth-order valence-electron chi connectivity index (χ4n) is 3.06. The van der Waals surface area contributed by atoms with E-state index in [1.165, 1.54) is 11.3 Å². The Hall–Kier alpha value is -1.85. The Morgan fingerprint density at radius 3 is 2.36 bits per heavy atom. The van der Waals surface area contributed by atoms with E-state index in [1.807, 2.05) is 12.4 Å². The standard InChI is InChI=1S/C17H25N5/c1-20(2)15-6-4-14(5-7-15)16(17-19-10-11-21(17)3)22-12-8-18-9-13-22/h4-7,10-11,16,18H,8-9,12-13H2,1-3H3. The summed E-state index contributed by atoms with van der Waals surface area (Å²) in [5.74, 6) is 1.11. The summed E-state index contributed by atoms with van der Waals surface area (Å²) in [5.41, 5.74) is 2.53. The van der Waals surface area contributed by atoms with Crippen LogP contribution in [0.15, 0.2) is 36.7 Å². The van der Waals surface area contributed by atoms with Gasteiger partial charge in [0.15, 0.2) is 0 Å². The van der Waals surface area contributed by atoms with Gasteiger partial charge in [0.2, 0.25) is 0 Å². The molecule has 5 nitrogen and oxygen atoms in total. The highest BCUT2D eigenvalue weighted by Crippen LogP contribution is 2.28. The molecule has 1 fully saturated rings. The molecule has 1 aliphatic heterocycles. The molecular formula is C17H25N5. The molecule has 3 rings (SSSR count). The third-order valence-corrected chi connectivity index (χ3v) is 4.34. The number of rotatable bonds is 4. The van der Waals surface area contributed by atoms with E-state index in [0.717, 1.165) is 32.0 Å². The van der Waals surface area contributed by atoms with E-state index < -0.39 is 0 Å². The second kappa shape index (κ2) is 6.50. The van der Waals surface area contributed by atoms with E-state index in [2.05, 4.69) is 70.1 Å². The number of nitrogens with one attached hydrogen (secondary N) is 1. The Kier molecular flexibility index (Phi) is 4.45. The molecule has 0 radical (unpaired) electrons. The summed E-state index contributed by atoms with van der Waals surface area (Å²) in [6.45, 7) is 4.17. The molecule has 1 aliphatic rings. The second-order valence-corrected chi connectivity index (χ2v) is 6.07. The number of imidazole rings is 1. The number of hydrogen-bond acceptors (Lipinski definition) is 4. The first kappa shape index (κ1) is 15.1. The third-order valence-electron chi connectivity index (χ3n) is 4.34. The van der Waals surface area contributed by atoms with Crippen molar-refractivity contribution in [3.8, 4) is 0 Å². The largest absolute Gasteiger partial charge is 0.378 e. The van der Waals surface area contributed by atoms with Crippen molar-refractivity contribution in [1.82, 2.24) is 19.8 Å². The minimum absolute atomic E-state index is 0.221. The zero-order chi connectivity index (χ0) is 15.5. The molecule has 1 aromatic carbocycles. The predicted octanol–water partition coefficient (Wildman–Crippen LogP) is 1.48. The van der Waals surface area contributed by atoms with Crippen LogP contribution in [0.3, 0.4) is 0 Å². The number of anilines is 1. The number of hydrogen-bond donors (Lipinski definition) is 1. The van der Waals surface area contributed by atoms with Gasteiger partial charge >= 0.3 is 0 Å². The van der Waals surface area contributed by atoms with Crippen molar-refractivity contribution >= 4 is 5.69 Å². The average Bonchev–Trinajstić information content (AvgIpc) is 2.95. The zero-order valence-corrected chi connectivity index (χ0v) is 13.7. The molecular weight excluding hydrogens is 274 g/mol. The zero-order valence-electron chi connectivity index (χ0n) is 13.7. The molecule has 5 heteroatoms. The molecule has 0 bridgehead atoms. The summed E-state index contributed by atoms with van der Waals surface area (Å²) in [6, 6.07) is 9.06. The molecule has 1 unspecified atom stereocenters. The highest BCUT2D eigenvalue weighted by Gasteiger charge is 2.26. The highest BCUT2D eigenvalue weighted by atomic mass is 15.2. The van der Waals surface area contributed by atoms with Crippen LogP contribution in [-0.4, -0.2) is 54.7 Å². The Balaban J connectivity index is 1.95. The molecule has 1 N–H and O–H groups in total. The van der Waals surface area contributed by atoms with Gasteiger partial charge < -0.3 is 14.8 Å². The lowest BCUT2D eigenvalue weighted by atomic mass is 10.0. The minimum Gasteiger partial charge on any atom is -0.378 e. The van der Waals surface area contributed by atoms with Crippen LogP contribution < -0.4 is 10.2 Å². The molecule has 1 atom stereocenters. The Morgan fingerprint density at radius 2 is 1.82 bits per heavy atom. The summed E-state index contributed by atoms with van der Waals surface area (Å²) < 4.78 is 2.13. The van der Waals surface area contributed by atoms with Crippen LogP contribution in [0.25, 0.3) is 0 Å². The summed E-state index contributed by atoms with van der Waals surface area (Å²) >= 11 is 0. The van der Waals surface area contributed by atoms with Gasteiger partial charge in [0.25, 0.3) is 0 Å². The molecule has 118 valence electrons. The van der Waals surface area contributed by atoms with Crippen molar-refractivity contribution in [3.63, 3.8) is 0 Å². The van der Waals surface area contributed by atoms with E-state index in [9.17, 15) is 0 Å². The molecule has 0 saturated carbocycles. The monoisotopic (exact) mass is 299 g/mol. The van der Waals surface area contributed by atoms with Crippen molar-refractivity contribution in [1.29, 1.82) is 0 Å². The van der Waals surface area contributed by atoms with Crippen LogP contribution in [-0.2, 0) is 7.05 Å². The van der Waals surface area contributed by atoms with Crippen LogP contribution in [0, 0.1) is 0 Å².